The predicted octanol–water partition coefficient (Wildman–Crippen LogP) is 5.46. The van der Waals surface area contributed by atoms with E-state index in [1.807, 2.05) is 6.92 Å². The van der Waals surface area contributed by atoms with E-state index in [0.717, 1.165) is 25.7 Å². The number of nitrogens with two attached hydrogens (primary N) is 1. The van der Waals surface area contributed by atoms with Crippen molar-refractivity contribution < 1.29 is 32.7 Å². The van der Waals surface area contributed by atoms with Crippen LogP contribution in [0.1, 0.15) is 49.9 Å². The molecule has 6 nitrogen and oxygen atoms in total. The van der Waals surface area contributed by atoms with Crippen LogP contribution in [-0.4, -0.2) is 39.4 Å². The summed E-state index contributed by atoms with van der Waals surface area (Å²) < 4.78 is 47.9. The molecular weight excluding hydrogens is 493 g/mol. The lowest BCUT2D eigenvalue weighted by Gasteiger charge is -2.24. The summed E-state index contributed by atoms with van der Waals surface area (Å²) in [4.78, 5) is 12.2. The molecule has 0 bridgehead atoms. The highest BCUT2D eigenvalue weighted by atomic mass is 35.5. The molecule has 0 radical (unpaired) electrons. The minimum absolute atomic E-state index is 0.112. The van der Waals surface area contributed by atoms with E-state index in [-0.39, 0.29) is 33.6 Å². The quantitative estimate of drug-likeness (QED) is 0.209. The van der Waals surface area contributed by atoms with Gasteiger partial charge in [0, 0.05) is 42.0 Å². The van der Waals surface area contributed by atoms with E-state index in [1.54, 1.807) is 0 Å². The number of halogens is 4. The Morgan fingerprint density at radius 3 is 2.26 bits per heavy atom. The van der Waals surface area contributed by atoms with E-state index in [9.17, 15) is 28.2 Å². The molecular formula is C23H30ClF3N2O4S. The Morgan fingerprint density at radius 2 is 1.76 bits per heavy atom. The second kappa shape index (κ2) is 15.2. The summed E-state index contributed by atoms with van der Waals surface area (Å²) in [6.45, 7) is 4.30. The van der Waals surface area contributed by atoms with Crippen molar-refractivity contribution in [3.05, 3.63) is 58.4 Å². The minimum Gasteiger partial charge on any atom is -0.390 e. The van der Waals surface area contributed by atoms with E-state index in [0.29, 0.717) is 24.2 Å². The molecule has 0 spiro atoms. The Morgan fingerprint density at radius 1 is 1.15 bits per heavy atom. The van der Waals surface area contributed by atoms with Gasteiger partial charge in [-0.05, 0) is 30.5 Å². The van der Waals surface area contributed by atoms with Crippen molar-refractivity contribution in [3.8, 4) is 0 Å². The molecule has 2 rings (SSSR count). The number of rotatable bonds is 10. The molecule has 3 atom stereocenters. The maximum absolute atomic E-state index is 13.0. The zero-order valence-corrected chi connectivity index (χ0v) is 20.5. The Labute approximate surface area is 206 Å². The molecule has 2 aromatic carbocycles. The fraction of sp³-hybridized carbons (Fsp3) is 0.435. The number of amides is 1. The number of benzene rings is 2. The van der Waals surface area contributed by atoms with Crippen LogP contribution in [0, 0.1) is 23.4 Å². The lowest BCUT2D eigenvalue weighted by molar-refractivity contribution is -0.0160. The van der Waals surface area contributed by atoms with Gasteiger partial charge >= 0.3 is 0 Å². The molecule has 2 aromatic rings. The Bertz CT molecular complexity index is 916. The number of carbonyl (C=O) groups excluding carboxylic acids is 1. The molecule has 0 saturated carbocycles. The third kappa shape index (κ3) is 9.09. The fourth-order valence-corrected chi connectivity index (χ4v) is 3.64. The first-order chi connectivity index (χ1) is 16.1. The van der Waals surface area contributed by atoms with Gasteiger partial charge in [-0.2, -0.15) is 0 Å². The van der Waals surface area contributed by atoms with Gasteiger partial charge in [0.05, 0.1) is 22.1 Å². The van der Waals surface area contributed by atoms with Gasteiger partial charge in [0.2, 0.25) is 0 Å². The van der Waals surface area contributed by atoms with Crippen molar-refractivity contribution in [2.75, 3.05) is 11.9 Å². The van der Waals surface area contributed by atoms with Crippen LogP contribution in [0.4, 0.5) is 18.9 Å². The lowest BCUT2D eigenvalue weighted by atomic mass is 9.90. The highest BCUT2D eigenvalue weighted by molar-refractivity contribution is 7.93. The summed E-state index contributed by atoms with van der Waals surface area (Å²) in [6.07, 6.45) is 2.70. The molecule has 0 aliphatic carbocycles. The van der Waals surface area contributed by atoms with Gasteiger partial charge in [0.1, 0.15) is 0 Å². The minimum atomic E-state index is -1.61. The smallest absolute Gasteiger partial charge is 0.255 e. The van der Waals surface area contributed by atoms with E-state index in [4.69, 9.17) is 21.9 Å². The van der Waals surface area contributed by atoms with E-state index in [2.05, 4.69) is 12.2 Å². The molecule has 3 unspecified atom stereocenters. The highest BCUT2D eigenvalue weighted by Gasteiger charge is 2.23. The van der Waals surface area contributed by atoms with Gasteiger partial charge in [-0.1, -0.05) is 44.7 Å². The topological polar surface area (TPSA) is 116 Å². The third-order valence-corrected chi connectivity index (χ3v) is 6.08. The van der Waals surface area contributed by atoms with Crippen LogP contribution in [0.5, 0.6) is 0 Å². The molecule has 0 aliphatic heterocycles. The van der Waals surface area contributed by atoms with Crippen LogP contribution in [0.15, 0.2) is 35.2 Å². The average Bonchev–Trinajstić information content (AvgIpc) is 2.82. The summed E-state index contributed by atoms with van der Waals surface area (Å²) >= 11 is 6.13. The molecule has 11 heteroatoms. The van der Waals surface area contributed by atoms with Crippen LogP contribution in [0.3, 0.4) is 0 Å². The van der Waals surface area contributed by atoms with Crippen molar-refractivity contribution >= 4 is 35.2 Å². The Hall–Kier alpha value is -1.82. The molecule has 0 aliphatic rings. The number of anilines is 1. The summed E-state index contributed by atoms with van der Waals surface area (Å²) in [6, 6.07) is 5.38. The van der Waals surface area contributed by atoms with Crippen molar-refractivity contribution in [1.29, 1.82) is 0 Å². The maximum Gasteiger partial charge on any atom is 0.255 e. The highest BCUT2D eigenvalue weighted by Crippen LogP contribution is 2.26. The second-order valence-electron chi connectivity index (χ2n) is 7.55. The first-order valence-corrected chi connectivity index (χ1v) is 11.9. The molecule has 1 amide bonds. The lowest BCUT2D eigenvalue weighted by Crippen LogP contribution is -2.38. The van der Waals surface area contributed by atoms with Crippen molar-refractivity contribution in [3.63, 3.8) is 0 Å². The van der Waals surface area contributed by atoms with Gasteiger partial charge in [0.15, 0.2) is 17.5 Å². The number of hydrogen-bond donors (Lipinski definition) is 5. The largest absolute Gasteiger partial charge is 0.390 e. The van der Waals surface area contributed by atoms with Gasteiger partial charge in [0.25, 0.3) is 5.91 Å². The van der Waals surface area contributed by atoms with Gasteiger partial charge in [-0.25, -0.2) is 13.2 Å². The number of hydrogen-bond acceptors (Lipinski definition) is 6. The zero-order valence-electron chi connectivity index (χ0n) is 18.9. The third-order valence-electron chi connectivity index (χ3n) is 5.10. The number of carbonyl (C=O) groups is 1. The molecule has 0 fully saturated rings. The maximum atomic E-state index is 13.0. The van der Waals surface area contributed by atoms with Gasteiger partial charge < -0.3 is 25.8 Å². The molecule has 0 heterocycles. The van der Waals surface area contributed by atoms with Crippen LogP contribution in [-0.2, 0) is 0 Å². The first-order valence-electron chi connectivity index (χ1n) is 10.7. The van der Waals surface area contributed by atoms with Gasteiger partial charge in [-0.3, -0.25) is 4.79 Å². The summed E-state index contributed by atoms with van der Waals surface area (Å²) in [5, 5.41) is 21.5. The van der Waals surface area contributed by atoms with E-state index < -0.39 is 35.6 Å². The Kier molecular flexibility index (Phi) is 13.5. The summed E-state index contributed by atoms with van der Waals surface area (Å²) in [5.41, 5.74) is 5.16. The predicted molar refractivity (Wildman–Crippen MR) is 129 cm³/mol. The van der Waals surface area contributed by atoms with Crippen LogP contribution < -0.4 is 11.1 Å². The zero-order chi connectivity index (χ0) is 25.8. The SMILES string of the molecule is CCCCC(CC)C(O)C(O)CN.O=C(Nc1cc(F)c(F)c(F)c1)c1ccc(Cl)c(SO)c1. The van der Waals surface area contributed by atoms with Crippen molar-refractivity contribution in [2.24, 2.45) is 11.7 Å². The van der Waals surface area contributed by atoms with Crippen LogP contribution in [0.25, 0.3) is 0 Å². The standard InChI is InChI=1S/C13H7ClF3NO2S.C10H23NO2/c14-8-2-1-6(3-11(8)21-20)13(19)18-7-4-9(15)12(17)10(16)5-7;1-3-5-6-8(4-2)10(13)9(12)7-11/h1-5,20H,(H,18,19);8-10,12-13H,3-7,11H2,1-2H3. The normalized spacial score (nSPS) is 13.5. The van der Waals surface area contributed by atoms with Crippen molar-refractivity contribution in [1.82, 2.24) is 0 Å². The molecule has 190 valence electrons. The van der Waals surface area contributed by atoms with E-state index >= 15 is 0 Å². The molecule has 6 N–H and O–H groups in total. The molecule has 34 heavy (non-hydrogen) atoms. The van der Waals surface area contributed by atoms with Crippen LogP contribution >= 0.6 is 23.6 Å². The van der Waals surface area contributed by atoms with Crippen molar-refractivity contribution in [2.45, 2.75) is 56.6 Å². The first kappa shape index (κ1) is 30.2. The molecule has 0 saturated heterocycles. The average molecular weight is 523 g/mol. The van der Waals surface area contributed by atoms with E-state index in [1.165, 1.54) is 18.2 Å². The molecule has 0 aromatic heterocycles. The fourth-order valence-electron chi connectivity index (χ4n) is 3.08. The Balaban J connectivity index is 0.000000385. The van der Waals surface area contributed by atoms with Crippen LogP contribution in [0.2, 0.25) is 5.02 Å². The van der Waals surface area contributed by atoms with Gasteiger partial charge in [-0.15, -0.1) is 0 Å². The summed E-state index contributed by atoms with van der Waals surface area (Å²) in [5.74, 6) is -4.93. The monoisotopic (exact) mass is 522 g/mol. The second-order valence-corrected chi connectivity index (χ2v) is 8.58. The number of aliphatic hydroxyl groups is 2. The summed E-state index contributed by atoms with van der Waals surface area (Å²) in [7, 11) is 0. The number of nitrogens with one attached hydrogen (secondary N) is 1. The number of aliphatic hydroxyl groups excluding tert-OH is 2. The number of unbranched alkanes of at least 4 members (excludes halogenated alkanes) is 1.